The molecule has 1 amide bonds. The normalized spacial score (nSPS) is 18.1. The molecule has 0 radical (unpaired) electrons. The lowest BCUT2D eigenvalue weighted by Gasteiger charge is -2.32. The third-order valence-electron chi connectivity index (χ3n) is 3.96. The predicted molar refractivity (Wildman–Crippen MR) is 86.5 cm³/mol. The number of rotatable bonds is 5. The Kier molecular flexibility index (Phi) is 5.02. The van der Waals surface area contributed by atoms with E-state index in [0.717, 1.165) is 32.4 Å². The van der Waals surface area contributed by atoms with Crippen LogP contribution in [0.4, 0.5) is 0 Å². The van der Waals surface area contributed by atoms with Crippen molar-refractivity contribution in [3.8, 4) is 5.82 Å². The molecule has 6 heteroatoms. The third kappa shape index (κ3) is 3.76. The van der Waals surface area contributed by atoms with Crippen LogP contribution in [0.3, 0.4) is 0 Å². The summed E-state index contributed by atoms with van der Waals surface area (Å²) in [5, 5.41) is 4.13. The van der Waals surface area contributed by atoms with Crippen molar-refractivity contribution in [2.75, 3.05) is 19.7 Å². The van der Waals surface area contributed by atoms with Crippen molar-refractivity contribution >= 4 is 5.91 Å². The third-order valence-corrected chi connectivity index (χ3v) is 3.96. The number of likely N-dealkylation sites (tertiary alicyclic amines) is 1. The summed E-state index contributed by atoms with van der Waals surface area (Å²) in [4.78, 5) is 18.8. The Morgan fingerprint density at radius 3 is 3.04 bits per heavy atom. The summed E-state index contributed by atoms with van der Waals surface area (Å²) in [5.41, 5.74) is 0.608. The molecule has 6 nitrogen and oxygen atoms in total. The van der Waals surface area contributed by atoms with Gasteiger partial charge in [-0.25, -0.2) is 9.67 Å². The standard InChI is InChI=1S/C17H22N4O2/c1-2-11-23-15-5-3-9-20(13-15)17(22)14-6-7-16(18-12-14)21-10-4-8-19-21/h4,6-8,10,12,15H,2-3,5,9,11,13H2,1H3. The van der Waals surface area contributed by atoms with E-state index < -0.39 is 0 Å². The van der Waals surface area contributed by atoms with E-state index in [1.807, 2.05) is 29.3 Å². The van der Waals surface area contributed by atoms with E-state index in [1.165, 1.54) is 0 Å². The van der Waals surface area contributed by atoms with Gasteiger partial charge in [0.25, 0.3) is 5.91 Å². The van der Waals surface area contributed by atoms with Crippen LogP contribution in [0.2, 0.25) is 0 Å². The molecule has 3 rings (SSSR count). The minimum Gasteiger partial charge on any atom is -0.376 e. The van der Waals surface area contributed by atoms with Crippen molar-refractivity contribution in [3.63, 3.8) is 0 Å². The fourth-order valence-electron chi connectivity index (χ4n) is 2.78. The van der Waals surface area contributed by atoms with Gasteiger partial charge in [-0.05, 0) is 37.5 Å². The molecule has 2 aromatic rings. The quantitative estimate of drug-likeness (QED) is 0.849. The fraction of sp³-hybridized carbons (Fsp3) is 0.471. The van der Waals surface area contributed by atoms with Crippen LogP contribution in [0, 0.1) is 0 Å². The minimum absolute atomic E-state index is 0.0225. The molecule has 3 heterocycles. The number of ether oxygens (including phenoxy) is 1. The molecule has 2 aromatic heterocycles. The maximum Gasteiger partial charge on any atom is 0.255 e. The molecule has 0 spiro atoms. The Morgan fingerprint density at radius 1 is 1.43 bits per heavy atom. The van der Waals surface area contributed by atoms with Crippen LogP contribution in [0.5, 0.6) is 0 Å². The van der Waals surface area contributed by atoms with Crippen molar-refractivity contribution < 1.29 is 9.53 Å². The van der Waals surface area contributed by atoms with Crippen LogP contribution in [-0.4, -0.2) is 51.4 Å². The van der Waals surface area contributed by atoms with E-state index in [0.29, 0.717) is 17.9 Å². The molecule has 0 N–H and O–H groups in total. The molecule has 1 atom stereocenters. The summed E-state index contributed by atoms with van der Waals surface area (Å²) in [6, 6.07) is 5.46. The lowest BCUT2D eigenvalue weighted by atomic mass is 10.1. The molecular formula is C17H22N4O2. The lowest BCUT2D eigenvalue weighted by Crippen LogP contribution is -2.43. The SMILES string of the molecule is CCCOC1CCCN(C(=O)c2ccc(-n3cccn3)nc2)C1. The van der Waals surface area contributed by atoms with Gasteiger partial charge in [-0.3, -0.25) is 4.79 Å². The molecule has 1 unspecified atom stereocenters. The fourth-order valence-corrected chi connectivity index (χ4v) is 2.78. The first-order valence-corrected chi connectivity index (χ1v) is 8.15. The van der Waals surface area contributed by atoms with E-state index >= 15 is 0 Å². The van der Waals surface area contributed by atoms with Gasteiger partial charge in [0, 0.05) is 38.3 Å². The number of piperidine rings is 1. The van der Waals surface area contributed by atoms with Crippen molar-refractivity contribution in [3.05, 3.63) is 42.4 Å². The Bertz CT molecular complexity index is 625. The van der Waals surface area contributed by atoms with Crippen LogP contribution in [-0.2, 0) is 4.74 Å². The highest BCUT2D eigenvalue weighted by molar-refractivity contribution is 5.94. The molecule has 0 bridgehead atoms. The van der Waals surface area contributed by atoms with Gasteiger partial charge in [0.1, 0.15) is 0 Å². The highest BCUT2D eigenvalue weighted by Crippen LogP contribution is 2.16. The molecule has 0 aromatic carbocycles. The number of hydrogen-bond acceptors (Lipinski definition) is 4. The summed E-state index contributed by atoms with van der Waals surface area (Å²) in [6.07, 6.45) is 8.32. The van der Waals surface area contributed by atoms with E-state index in [1.54, 1.807) is 17.1 Å². The molecule has 1 aliphatic rings. The number of nitrogens with zero attached hydrogens (tertiary/aromatic N) is 4. The van der Waals surface area contributed by atoms with Crippen molar-refractivity contribution in [1.29, 1.82) is 0 Å². The van der Waals surface area contributed by atoms with Crippen LogP contribution in [0.25, 0.3) is 5.82 Å². The van der Waals surface area contributed by atoms with Gasteiger partial charge in [0.2, 0.25) is 0 Å². The number of carbonyl (C=O) groups excluding carboxylic acids is 1. The van der Waals surface area contributed by atoms with Gasteiger partial charge in [-0.1, -0.05) is 6.92 Å². The van der Waals surface area contributed by atoms with E-state index in [9.17, 15) is 4.79 Å². The molecule has 23 heavy (non-hydrogen) atoms. The van der Waals surface area contributed by atoms with E-state index in [4.69, 9.17) is 4.74 Å². The van der Waals surface area contributed by atoms with Crippen LogP contribution in [0.15, 0.2) is 36.8 Å². The lowest BCUT2D eigenvalue weighted by molar-refractivity contribution is 0.00210. The van der Waals surface area contributed by atoms with Gasteiger partial charge < -0.3 is 9.64 Å². The van der Waals surface area contributed by atoms with Gasteiger partial charge in [-0.15, -0.1) is 0 Å². The molecule has 0 aliphatic carbocycles. The van der Waals surface area contributed by atoms with Crippen molar-refractivity contribution in [2.24, 2.45) is 0 Å². The molecule has 1 fully saturated rings. The van der Waals surface area contributed by atoms with Crippen LogP contribution in [0.1, 0.15) is 36.5 Å². The second-order valence-electron chi connectivity index (χ2n) is 5.74. The Hall–Kier alpha value is -2.21. The predicted octanol–water partition coefficient (Wildman–Crippen LogP) is 2.30. The second-order valence-corrected chi connectivity index (χ2v) is 5.74. The largest absolute Gasteiger partial charge is 0.376 e. The zero-order valence-electron chi connectivity index (χ0n) is 13.4. The van der Waals surface area contributed by atoms with E-state index in [2.05, 4.69) is 17.0 Å². The van der Waals surface area contributed by atoms with Crippen molar-refractivity contribution in [2.45, 2.75) is 32.3 Å². The first kappa shape index (κ1) is 15.7. The minimum atomic E-state index is 0.0225. The van der Waals surface area contributed by atoms with E-state index in [-0.39, 0.29) is 12.0 Å². The first-order valence-electron chi connectivity index (χ1n) is 8.15. The number of amides is 1. The number of carbonyl (C=O) groups is 1. The summed E-state index contributed by atoms with van der Waals surface area (Å²) >= 11 is 0. The molecule has 122 valence electrons. The first-order chi connectivity index (χ1) is 11.3. The van der Waals surface area contributed by atoms with Crippen LogP contribution < -0.4 is 0 Å². The van der Waals surface area contributed by atoms with Gasteiger partial charge >= 0.3 is 0 Å². The zero-order valence-corrected chi connectivity index (χ0v) is 13.4. The van der Waals surface area contributed by atoms with Crippen LogP contribution >= 0.6 is 0 Å². The molecule has 1 aliphatic heterocycles. The summed E-state index contributed by atoms with van der Waals surface area (Å²) < 4.78 is 7.47. The monoisotopic (exact) mass is 314 g/mol. The molecule has 1 saturated heterocycles. The molecule has 0 saturated carbocycles. The average Bonchev–Trinajstić information content (AvgIpc) is 3.14. The highest BCUT2D eigenvalue weighted by atomic mass is 16.5. The Labute approximate surface area is 136 Å². The summed E-state index contributed by atoms with van der Waals surface area (Å²) in [5.74, 6) is 0.726. The smallest absolute Gasteiger partial charge is 0.255 e. The van der Waals surface area contributed by atoms with Gasteiger partial charge in [0.15, 0.2) is 5.82 Å². The van der Waals surface area contributed by atoms with Crippen molar-refractivity contribution in [1.82, 2.24) is 19.7 Å². The number of aromatic nitrogens is 3. The summed E-state index contributed by atoms with van der Waals surface area (Å²) in [6.45, 7) is 4.30. The second kappa shape index (κ2) is 7.37. The molecular weight excluding hydrogens is 292 g/mol. The zero-order chi connectivity index (χ0) is 16.1. The topological polar surface area (TPSA) is 60.2 Å². The average molecular weight is 314 g/mol. The number of hydrogen-bond donors (Lipinski definition) is 0. The summed E-state index contributed by atoms with van der Waals surface area (Å²) in [7, 11) is 0. The van der Waals surface area contributed by atoms with Gasteiger partial charge in [0.05, 0.1) is 11.7 Å². The Morgan fingerprint density at radius 2 is 2.35 bits per heavy atom. The maximum atomic E-state index is 12.6. The Balaban J connectivity index is 1.65. The van der Waals surface area contributed by atoms with Gasteiger partial charge in [-0.2, -0.15) is 5.10 Å². The maximum absolute atomic E-state index is 12.6. The highest BCUT2D eigenvalue weighted by Gasteiger charge is 2.25. The number of pyridine rings is 1.